The van der Waals surface area contributed by atoms with Crippen molar-refractivity contribution in [2.75, 3.05) is 5.73 Å². The van der Waals surface area contributed by atoms with Crippen molar-refractivity contribution in [1.29, 1.82) is 0 Å². The number of aryl methyl sites for hydroxylation is 1. The van der Waals surface area contributed by atoms with Crippen molar-refractivity contribution in [3.05, 3.63) is 47.0 Å². The van der Waals surface area contributed by atoms with Crippen LogP contribution < -0.4 is 5.73 Å². The van der Waals surface area contributed by atoms with Crippen LogP contribution in [-0.4, -0.2) is 0 Å². The van der Waals surface area contributed by atoms with Gasteiger partial charge in [0.2, 0.25) is 0 Å². The predicted molar refractivity (Wildman–Crippen MR) is 72.4 cm³/mol. The second-order valence-corrected chi connectivity index (χ2v) is 4.51. The van der Waals surface area contributed by atoms with Crippen molar-refractivity contribution in [2.24, 2.45) is 0 Å². The topological polar surface area (TPSA) is 26.0 Å². The van der Waals surface area contributed by atoms with Crippen molar-refractivity contribution >= 4 is 22.5 Å². The maximum atomic E-state index is 6.04. The summed E-state index contributed by atoms with van der Waals surface area (Å²) in [6, 6.07) is 10.5. The van der Waals surface area contributed by atoms with Crippen LogP contribution in [-0.2, 0) is 0 Å². The molecule has 0 spiro atoms. The highest BCUT2D eigenvalue weighted by Gasteiger charge is 2.03. The smallest absolute Gasteiger partial charge is 0.0394 e. The van der Waals surface area contributed by atoms with Crippen LogP contribution in [0.3, 0.4) is 0 Å². The van der Waals surface area contributed by atoms with E-state index in [-0.39, 0.29) is 0 Å². The Bertz CT molecular complexity index is 556. The number of rotatable bonds is 1. The lowest BCUT2D eigenvalue weighted by Crippen LogP contribution is -1.91. The summed E-state index contributed by atoms with van der Waals surface area (Å²) in [6.45, 7) is 6.29. The first kappa shape index (κ1) is 10.7. The molecule has 0 saturated heterocycles. The van der Waals surface area contributed by atoms with E-state index in [1.807, 2.05) is 6.07 Å². The third-order valence-electron chi connectivity index (χ3n) is 2.69. The number of hydrogen-bond donors (Lipinski definition) is 1. The Hall–Kier alpha value is -1.76. The molecule has 0 atom stereocenters. The minimum absolute atomic E-state index is 0.847. The lowest BCUT2D eigenvalue weighted by atomic mass is 9.99. The Labute approximate surface area is 96.6 Å². The molecule has 1 heteroatoms. The molecule has 2 aromatic carbocycles. The summed E-state index contributed by atoms with van der Waals surface area (Å²) in [4.78, 5) is 0. The van der Waals surface area contributed by atoms with Gasteiger partial charge in [-0.15, -0.1) is 0 Å². The molecule has 0 saturated carbocycles. The van der Waals surface area contributed by atoms with Crippen molar-refractivity contribution in [3.8, 4) is 0 Å². The minimum Gasteiger partial charge on any atom is -0.398 e. The maximum Gasteiger partial charge on any atom is 0.0394 e. The third kappa shape index (κ3) is 1.94. The fourth-order valence-corrected chi connectivity index (χ4v) is 1.92. The van der Waals surface area contributed by atoms with Crippen LogP contribution in [0.4, 0.5) is 5.69 Å². The monoisotopic (exact) mass is 211 g/mol. The van der Waals surface area contributed by atoms with Crippen LogP contribution in [0.25, 0.3) is 16.8 Å². The lowest BCUT2D eigenvalue weighted by molar-refractivity contribution is 1.42. The van der Waals surface area contributed by atoms with Gasteiger partial charge in [-0.3, -0.25) is 0 Å². The highest BCUT2D eigenvalue weighted by molar-refractivity contribution is 5.95. The largest absolute Gasteiger partial charge is 0.398 e. The van der Waals surface area contributed by atoms with Crippen molar-refractivity contribution in [3.63, 3.8) is 0 Å². The van der Waals surface area contributed by atoms with E-state index in [0.717, 1.165) is 11.3 Å². The molecule has 1 nitrogen and oxygen atoms in total. The first-order valence-corrected chi connectivity index (χ1v) is 5.51. The standard InChI is InChI=1S/C15H17N/c1-10(2)8-14-13-9-11(3)4-5-12(13)6-7-15(14)16/h4-9H,16H2,1-3H3. The van der Waals surface area contributed by atoms with Crippen LogP contribution in [0.15, 0.2) is 35.9 Å². The van der Waals surface area contributed by atoms with E-state index in [4.69, 9.17) is 5.73 Å². The van der Waals surface area contributed by atoms with Gasteiger partial charge in [-0.2, -0.15) is 0 Å². The molecule has 2 N–H and O–H groups in total. The molecule has 0 bridgehead atoms. The molecule has 0 heterocycles. The third-order valence-corrected chi connectivity index (χ3v) is 2.69. The number of fused-ring (bicyclic) bond motifs is 1. The molecule has 2 aromatic rings. The zero-order chi connectivity index (χ0) is 11.7. The summed E-state index contributed by atoms with van der Waals surface area (Å²) < 4.78 is 0. The molecular formula is C15H17N. The van der Waals surface area contributed by atoms with Crippen LogP contribution in [0, 0.1) is 6.92 Å². The highest BCUT2D eigenvalue weighted by Crippen LogP contribution is 2.27. The molecule has 0 aliphatic rings. The molecule has 0 aliphatic carbocycles. The number of allylic oxidation sites excluding steroid dienone is 1. The van der Waals surface area contributed by atoms with E-state index in [0.29, 0.717) is 0 Å². The predicted octanol–water partition coefficient (Wildman–Crippen LogP) is 4.15. The number of hydrogen-bond acceptors (Lipinski definition) is 1. The summed E-state index contributed by atoms with van der Waals surface area (Å²) in [6.07, 6.45) is 2.15. The van der Waals surface area contributed by atoms with Gasteiger partial charge in [0.1, 0.15) is 0 Å². The summed E-state index contributed by atoms with van der Waals surface area (Å²) in [5.74, 6) is 0. The molecule has 0 aliphatic heterocycles. The number of anilines is 1. The second kappa shape index (κ2) is 4.01. The lowest BCUT2D eigenvalue weighted by Gasteiger charge is -2.08. The van der Waals surface area contributed by atoms with Crippen LogP contribution in [0.5, 0.6) is 0 Å². The van der Waals surface area contributed by atoms with E-state index in [2.05, 4.69) is 51.1 Å². The molecule has 0 aromatic heterocycles. The Balaban J connectivity index is 2.82. The van der Waals surface area contributed by atoms with Crippen LogP contribution in [0.2, 0.25) is 0 Å². The van der Waals surface area contributed by atoms with Gasteiger partial charge in [0, 0.05) is 11.3 Å². The molecule has 0 unspecified atom stereocenters. The van der Waals surface area contributed by atoms with Gasteiger partial charge in [-0.1, -0.05) is 41.5 Å². The van der Waals surface area contributed by atoms with Gasteiger partial charge in [-0.25, -0.2) is 0 Å². The Morgan fingerprint density at radius 1 is 1.12 bits per heavy atom. The van der Waals surface area contributed by atoms with Crippen LogP contribution in [0.1, 0.15) is 25.0 Å². The quantitative estimate of drug-likeness (QED) is 0.704. The minimum atomic E-state index is 0.847. The zero-order valence-corrected chi connectivity index (χ0v) is 10.0. The SMILES string of the molecule is CC(C)=Cc1c(N)ccc2ccc(C)cc12. The molecule has 0 radical (unpaired) electrons. The molecule has 82 valence electrons. The van der Waals surface area contributed by atoms with Gasteiger partial charge in [0.15, 0.2) is 0 Å². The summed E-state index contributed by atoms with van der Waals surface area (Å²) in [7, 11) is 0. The van der Waals surface area contributed by atoms with Gasteiger partial charge < -0.3 is 5.73 Å². The zero-order valence-electron chi connectivity index (χ0n) is 10.0. The normalized spacial score (nSPS) is 10.4. The average Bonchev–Trinajstić information content (AvgIpc) is 2.22. The van der Waals surface area contributed by atoms with Crippen LogP contribution >= 0.6 is 0 Å². The molecular weight excluding hydrogens is 194 g/mol. The van der Waals surface area contributed by atoms with E-state index < -0.39 is 0 Å². The van der Waals surface area contributed by atoms with Crippen molar-refractivity contribution in [1.82, 2.24) is 0 Å². The highest BCUT2D eigenvalue weighted by atomic mass is 14.6. The number of nitrogens with two attached hydrogens (primary N) is 1. The number of nitrogen functional groups attached to an aromatic ring is 1. The maximum absolute atomic E-state index is 6.04. The van der Waals surface area contributed by atoms with E-state index in [1.54, 1.807) is 0 Å². The Kier molecular flexibility index (Phi) is 2.69. The summed E-state index contributed by atoms with van der Waals surface area (Å²) in [5.41, 5.74) is 10.6. The molecule has 2 rings (SSSR count). The number of benzene rings is 2. The van der Waals surface area contributed by atoms with Gasteiger partial charge in [-0.05, 0) is 37.6 Å². The van der Waals surface area contributed by atoms with E-state index in [1.165, 1.54) is 21.9 Å². The Morgan fingerprint density at radius 2 is 1.81 bits per heavy atom. The van der Waals surface area contributed by atoms with E-state index in [9.17, 15) is 0 Å². The van der Waals surface area contributed by atoms with Gasteiger partial charge in [0.05, 0.1) is 0 Å². The first-order chi connectivity index (χ1) is 7.58. The molecule has 16 heavy (non-hydrogen) atoms. The first-order valence-electron chi connectivity index (χ1n) is 5.51. The Morgan fingerprint density at radius 3 is 2.50 bits per heavy atom. The molecule has 0 amide bonds. The fraction of sp³-hybridized carbons (Fsp3) is 0.200. The summed E-state index contributed by atoms with van der Waals surface area (Å²) >= 11 is 0. The second-order valence-electron chi connectivity index (χ2n) is 4.51. The summed E-state index contributed by atoms with van der Waals surface area (Å²) in [5, 5.41) is 2.48. The van der Waals surface area contributed by atoms with Crippen molar-refractivity contribution < 1.29 is 0 Å². The molecule has 0 fully saturated rings. The average molecular weight is 211 g/mol. The van der Waals surface area contributed by atoms with Gasteiger partial charge in [0.25, 0.3) is 0 Å². The van der Waals surface area contributed by atoms with E-state index >= 15 is 0 Å². The van der Waals surface area contributed by atoms with Gasteiger partial charge >= 0.3 is 0 Å². The van der Waals surface area contributed by atoms with Crippen molar-refractivity contribution in [2.45, 2.75) is 20.8 Å². The fourth-order valence-electron chi connectivity index (χ4n) is 1.92.